The van der Waals surface area contributed by atoms with E-state index in [0.717, 1.165) is 34.1 Å². The molecule has 0 unspecified atom stereocenters. The van der Waals surface area contributed by atoms with Gasteiger partial charge in [0.15, 0.2) is 0 Å². The molecule has 0 saturated carbocycles. The first kappa shape index (κ1) is 29.5. The summed E-state index contributed by atoms with van der Waals surface area (Å²) in [6, 6.07) is 63.7. The van der Waals surface area contributed by atoms with Gasteiger partial charge in [0.25, 0.3) is 0 Å². The summed E-state index contributed by atoms with van der Waals surface area (Å²) in [6.45, 7) is 6.90. The molecule has 0 radical (unpaired) electrons. The number of hydrogen-bond acceptors (Lipinski definition) is 2. The maximum atomic E-state index is 2.43. The van der Waals surface area contributed by atoms with Crippen molar-refractivity contribution in [2.45, 2.75) is 26.2 Å². The Balaban J connectivity index is 1.52. The van der Waals surface area contributed by atoms with E-state index in [9.17, 15) is 0 Å². The molecule has 2 heteroatoms. The van der Waals surface area contributed by atoms with Crippen molar-refractivity contribution in [1.29, 1.82) is 0 Å². The van der Waals surface area contributed by atoms with Gasteiger partial charge < -0.3 is 9.80 Å². The molecule has 0 heterocycles. The van der Waals surface area contributed by atoms with Crippen LogP contribution in [0, 0.1) is 0 Å². The van der Waals surface area contributed by atoms with E-state index in [1.54, 1.807) is 0 Å². The van der Waals surface area contributed by atoms with E-state index >= 15 is 0 Å². The minimum Gasteiger partial charge on any atom is -0.310 e. The fourth-order valence-corrected chi connectivity index (χ4v) is 6.96. The molecule has 0 amide bonds. The van der Waals surface area contributed by atoms with Gasteiger partial charge in [-0.05, 0) is 99.3 Å². The van der Waals surface area contributed by atoms with Crippen LogP contribution in [0.4, 0.5) is 34.1 Å². The second-order valence-electron chi connectivity index (χ2n) is 13.5. The third-order valence-electron chi connectivity index (χ3n) is 9.34. The van der Waals surface area contributed by atoms with E-state index < -0.39 is 0 Å². The van der Waals surface area contributed by atoms with Gasteiger partial charge >= 0.3 is 0 Å². The van der Waals surface area contributed by atoms with E-state index in [4.69, 9.17) is 0 Å². The molecule has 0 aromatic heterocycles. The molecule has 232 valence electrons. The maximum absolute atomic E-state index is 2.43. The lowest BCUT2D eigenvalue weighted by atomic mass is 9.84. The van der Waals surface area contributed by atoms with E-state index in [0.29, 0.717) is 0 Å². The molecule has 0 atom stereocenters. The molecule has 0 aliphatic heterocycles. The summed E-state index contributed by atoms with van der Waals surface area (Å²) < 4.78 is 0. The van der Waals surface area contributed by atoms with Crippen molar-refractivity contribution in [2.75, 3.05) is 9.80 Å². The lowest BCUT2D eigenvalue weighted by molar-refractivity contribution is 0.591. The zero-order valence-corrected chi connectivity index (χ0v) is 27.6. The number of hydrogen-bond donors (Lipinski definition) is 0. The van der Waals surface area contributed by atoms with Gasteiger partial charge in [-0.2, -0.15) is 0 Å². The fourth-order valence-electron chi connectivity index (χ4n) is 6.96. The SMILES string of the molecule is CC(C)(C)c1ccc2c(N(c3ccccc3)c3ccccc3)cc3c4ccccc4c(N(c4ccccc4)c4ccccc4)cc3c2c1. The number of anilines is 6. The highest BCUT2D eigenvalue weighted by Gasteiger charge is 2.23. The lowest BCUT2D eigenvalue weighted by Gasteiger charge is -2.30. The largest absolute Gasteiger partial charge is 0.310 e. The zero-order chi connectivity index (χ0) is 32.7. The Morgan fingerprint density at radius 1 is 0.312 bits per heavy atom. The Hall–Kier alpha value is -5.86. The monoisotopic (exact) mass is 618 g/mol. The minimum atomic E-state index is -0.00510. The molecule has 0 fully saturated rings. The van der Waals surface area contributed by atoms with E-state index in [1.807, 2.05) is 0 Å². The van der Waals surface area contributed by atoms with Crippen molar-refractivity contribution < 1.29 is 0 Å². The van der Waals surface area contributed by atoms with E-state index in [1.165, 1.54) is 37.9 Å². The first-order valence-electron chi connectivity index (χ1n) is 16.7. The molecular weight excluding hydrogens is 581 g/mol. The molecule has 8 aromatic carbocycles. The molecule has 0 bridgehead atoms. The third-order valence-corrected chi connectivity index (χ3v) is 9.34. The summed E-state index contributed by atoms with van der Waals surface area (Å²) in [5.41, 5.74) is 8.15. The predicted octanol–water partition coefficient (Wildman–Crippen LogP) is 13.4. The second-order valence-corrected chi connectivity index (χ2v) is 13.5. The number of fused-ring (bicyclic) bond motifs is 5. The second kappa shape index (κ2) is 12.1. The molecule has 0 spiro atoms. The normalized spacial score (nSPS) is 11.6. The van der Waals surface area contributed by atoms with Gasteiger partial charge in [0.05, 0.1) is 11.4 Å². The molecule has 0 aliphatic rings. The summed E-state index contributed by atoms with van der Waals surface area (Å²) in [4.78, 5) is 4.80. The van der Waals surface area contributed by atoms with Crippen molar-refractivity contribution in [2.24, 2.45) is 0 Å². The van der Waals surface area contributed by atoms with Crippen LogP contribution in [-0.4, -0.2) is 0 Å². The standard InChI is InChI=1S/C46H38N2/c1-46(2,3)33-28-29-40-41(30-33)43-32-44(47(34-18-8-4-9-19-34)35-20-10-5-11-21-35)39-27-17-16-26-38(39)42(43)31-45(40)48(36-22-12-6-13-23-36)37-24-14-7-15-25-37/h4-32H,1-3H3. The Morgan fingerprint density at radius 3 is 1.06 bits per heavy atom. The van der Waals surface area contributed by atoms with Gasteiger partial charge in [0.1, 0.15) is 0 Å². The number of rotatable bonds is 6. The van der Waals surface area contributed by atoms with Crippen LogP contribution in [-0.2, 0) is 5.41 Å². The Labute approximate surface area is 283 Å². The van der Waals surface area contributed by atoms with Gasteiger partial charge in [0.2, 0.25) is 0 Å². The van der Waals surface area contributed by atoms with Gasteiger partial charge in [0, 0.05) is 33.5 Å². The predicted molar refractivity (Wildman–Crippen MR) is 207 cm³/mol. The molecule has 0 N–H and O–H groups in total. The quantitative estimate of drug-likeness (QED) is 0.171. The first-order valence-corrected chi connectivity index (χ1v) is 16.7. The fraction of sp³-hybridized carbons (Fsp3) is 0.0870. The highest BCUT2D eigenvalue weighted by Crippen LogP contribution is 2.48. The molecule has 2 nitrogen and oxygen atoms in total. The van der Waals surface area contributed by atoms with Gasteiger partial charge in [-0.1, -0.05) is 130 Å². The summed E-state index contributed by atoms with van der Waals surface area (Å²) in [5.74, 6) is 0. The smallest absolute Gasteiger partial charge is 0.0546 e. The van der Waals surface area contributed by atoms with Crippen LogP contribution in [0.25, 0.3) is 32.3 Å². The van der Waals surface area contributed by atoms with E-state index in [2.05, 4.69) is 206 Å². The highest BCUT2D eigenvalue weighted by molar-refractivity contribution is 6.24. The Morgan fingerprint density at radius 2 is 0.646 bits per heavy atom. The van der Waals surface area contributed by atoms with Crippen LogP contribution < -0.4 is 9.80 Å². The molecule has 8 aromatic rings. The molecule has 0 aliphatic carbocycles. The molecule has 48 heavy (non-hydrogen) atoms. The zero-order valence-electron chi connectivity index (χ0n) is 27.6. The van der Waals surface area contributed by atoms with Crippen molar-refractivity contribution in [1.82, 2.24) is 0 Å². The summed E-state index contributed by atoms with van der Waals surface area (Å²) in [6.07, 6.45) is 0. The van der Waals surface area contributed by atoms with Crippen LogP contribution >= 0.6 is 0 Å². The maximum Gasteiger partial charge on any atom is 0.0546 e. The topological polar surface area (TPSA) is 6.48 Å². The first-order chi connectivity index (χ1) is 23.5. The van der Waals surface area contributed by atoms with Gasteiger partial charge in [-0.15, -0.1) is 0 Å². The van der Waals surface area contributed by atoms with Crippen LogP contribution in [0.5, 0.6) is 0 Å². The van der Waals surface area contributed by atoms with Crippen LogP contribution in [0.3, 0.4) is 0 Å². The minimum absolute atomic E-state index is 0.00510. The summed E-state index contributed by atoms with van der Waals surface area (Å²) in [7, 11) is 0. The average molecular weight is 619 g/mol. The average Bonchev–Trinajstić information content (AvgIpc) is 3.13. The highest BCUT2D eigenvalue weighted by atomic mass is 15.1. The number of benzene rings is 8. The Bertz CT molecular complexity index is 2280. The van der Waals surface area contributed by atoms with Crippen molar-refractivity contribution >= 4 is 66.4 Å². The number of para-hydroxylation sites is 4. The van der Waals surface area contributed by atoms with Crippen LogP contribution in [0.1, 0.15) is 26.3 Å². The molecular formula is C46H38N2. The van der Waals surface area contributed by atoms with Gasteiger partial charge in [-0.25, -0.2) is 0 Å². The van der Waals surface area contributed by atoms with Crippen LogP contribution in [0.2, 0.25) is 0 Å². The van der Waals surface area contributed by atoms with Crippen molar-refractivity contribution in [3.63, 3.8) is 0 Å². The van der Waals surface area contributed by atoms with E-state index in [-0.39, 0.29) is 5.41 Å². The molecule has 0 saturated heterocycles. The number of nitrogens with zero attached hydrogens (tertiary/aromatic N) is 2. The van der Waals surface area contributed by atoms with Gasteiger partial charge in [-0.3, -0.25) is 0 Å². The van der Waals surface area contributed by atoms with Crippen LogP contribution in [0.15, 0.2) is 176 Å². The summed E-state index contributed by atoms with van der Waals surface area (Å²) >= 11 is 0. The molecule has 8 rings (SSSR count). The van der Waals surface area contributed by atoms with Crippen molar-refractivity contribution in [3.05, 3.63) is 181 Å². The van der Waals surface area contributed by atoms with Crippen molar-refractivity contribution in [3.8, 4) is 0 Å². The lowest BCUT2D eigenvalue weighted by Crippen LogP contribution is -2.13. The third kappa shape index (κ3) is 5.26. The Kier molecular flexibility index (Phi) is 7.42. The summed E-state index contributed by atoms with van der Waals surface area (Å²) in [5, 5.41) is 7.39.